The maximum atomic E-state index is 13.4. The molecule has 1 atom stereocenters. The third-order valence-electron chi connectivity index (χ3n) is 5.99. The lowest BCUT2D eigenvalue weighted by molar-refractivity contribution is -0.120. The van der Waals surface area contributed by atoms with Crippen LogP contribution in [0.15, 0.2) is 46.2 Å². The van der Waals surface area contributed by atoms with Gasteiger partial charge in [-0.3, -0.25) is 4.79 Å². The van der Waals surface area contributed by atoms with Crippen LogP contribution in [0.3, 0.4) is 0 Å². The van der Waals surface area contributed by atoms with Crippen LogP contribution < -0.4 is 14.8 Å². The Hall–Kier alpha value is -2.67. The molecule has 192 valence electrons. The first kappa shape index (κ1) is 26.9. The fourth-order valence-corrected chi connectivity index (χ4v) is 6.46. The molecule has 2 aromatic carbocycles. The monoisotopic (exact) mass is 525 g/mol. The molecule has 1 aliphatic rings. The van der Waals surface area contributed by atoms with Crippen LogP contribution in [0.25, 0.3) is 0 Å². The minimum atomic E-state index is -3.96. The molecular formula is C23H31N3O7S2. The first-order valence-corrected chi connectivity index (χ1v) is 13.9. The number of amides is 1. The smallest absolute Gasteiger partial charge is 0.246 e. The summed E-state index contributed by atoms with van der Waals surface area (Å²) in [5.41, 5.74) is 1.06. The number of aryl methyl sites for hydroxylation is 1. The number of ether oxygens (including phenoxy) is 2. The third kappa shape index (κ3) is 5.61. The van der Waals surface area contributed by atoms with E-state index in [0.29, 0.717) is 29.8 Å². The molecular weight excluding hydrogens is 494 g/mol. The molecule has 0 spiro atoms. The van der Waals surface area contributed by atoms with E-state index in [2.05, 4.69) is 5.32 Å². The third-order valence-corrected chi connectivity index (χ3v) is 9.69. The molecule has 1 aliphatic heterocycles. The fraction of sp³-hybridized carbons (Fsp3) is 0.435. The van der Waals surface area contributed by atoms with Gasteiger partial charge in [-0.25, -0.2) is 21.1 Å². The van der Waals surface area contributed by atoms with Crippen molar-refractivity contribution in [3.05, 3.63) is 42.0 Å². The Balaban J connectivity index is 1.83. The Morgan fingerprint density at radius 1 is 1.06 bits per heavy atom. The number of nitrogens with one attached hydrogen (secondary N) is 1. The summed E-state index contributed by atoms with van der Waals surface area (Å²) < 4.78 is 64.6. The van der Waals surface area contributed by atoms with Crippen molar-refractivity contribution in [2.24, 2.45) is 5.92 Å². The number of methoxy groups -OCH3 is 2. The number of carbonyl (C=O) groups excluding carboxylic acids is 1. The maximum Gasteiger partial charge on any atom is 0.246 e. The van der Waals surface area contributed by atoms with Gasteiger partial charge in [0.1, 0.15) is 16.4 Å². The van der Waals surface area contributed by atoms with Crippen molar-refractivity contribution in [3.63, 3.8) is 0 Å². The predicted octanol–water partition coefficient (Wildman–Crippen LogP) is 2.30. The molecule has 0 aromatic heterocycles. The van der Waals surface area contributed by atoms with E-state index in [1.807, 2.05) is 0 Å². The quantitative estimate of drug-likeness (QED) is 0.561. The number of carbonyl (C=O) groups is 1. The highest BCUT2D eigenvalue weighted by Gasteiger charge is 2.35. The van der Waals surface area contributed by atoms with E-state index in [1.165, 1.54) is 56.9 Å². The Bertz CT molecular complexity index is 1310. The predicted molar refractivity (Wildman–Crippen MR) is 132 cm³/mol. The summed E-state index contributed by atoms with van der Waals surface area (Å²) in [4.78, 5) is 13.1. The minimum Gasteiger partial charge on any atom is -0.497 e. The van der Waals surface area contributed by atoms with Gasteiger partial charge < -0.3 is 14.8 Å². The molecule has 1 fully saturated rings. The first-order chi connectivity index (χ1) is 16.4. The standard InChI is InChI=1S/C23H31N3O7S2/c1-16-8-10-19(34(28,29)25(2)3)14-20(16)24-23(27)17-7-6-12-26(15-17)35(30,31)22-13-18(32-4)9-11-21(22)33-5/h8-11,13-14,17H,6-7,12,15H2,1-5H3,(H,24,27)/t17-/m1/s1. The van der Waals surface area contributed by atoms with Crippen molar-refractivity contribution in [2.45, 2.75) is 29.6 Å². The number of piperidine rings is 1. The molecule has 3 rings (SSSR count). The molecule has 1 saturated heterocycles. The van der Waals surface area contributed by atoms with Crippen molar-refractivity contribution in [1.82, 2.24) is 8.61 Å². The summed E-state index contributed by atoms with van der Waals surface area (Å²) in [6.07, 6.45) is 0.999. The van der Waals surface area contributed by atoms with Gasteiger partial charge in [0.2, 0.25) is 26.0 Å². The zero-order chi connectivity index (χ0) is 26.0. The van der Waals surface area contributed by atoms with E-state index >= 15 is 0 Å². The SMILES string of the molecule is COc1ccc(OC)c(S(=O)(=O)N2CCC[C@@H](C(=O)Nc3cc(S(=O)(=O)N(C)C)ccc3C)C2)c1. The van der Waals surface area contributed by atoms with E-state index in [9.17, 15) is 21.6 Å². The van der Waals surface area contributed by atoms with Gasteiger partial charge in [-0.05, 0) is 49.6 Å². The molecule has 1 heterocycles. The molecule has 10 nitrogen and oxygen atoms in total. The van der Waals surface area contributed by atoms with Gasteiger partial charge in [-0.1, -0.05) is 6.07 Å². The van der Waals surface area contributed by atoms with E-state index in [-0.39, 0.29) is 34.5 Å². The lowest BCUT2D eigenvalue weighted by Gasteiger charge is -2.31. The van der Waals surface area contributed by atoms with Crippen LogP contribution in [-0.4, -0.2) is 72.8 Å². The Morgan fingerprint density at radius 3 is 2.40 bits per heavy atom. The minimum absolute atomic E-state index is 0.0106. The molecule has 2 aromatic rings. The highest BCUT2D eigenvalue weighted by molar-refractivity contribution is 7.89. The second kappa shape index (κ2) is 10.5. The van der Waals surface area contributed by atoms with Crippen molar-refractivity contribution >= 4 is 31.6 Å². The molecule has 0 unspecified atom stereocenters. The summed E-state index contributed by atoms with van der Waals surface area (Å²) in [6, 6.07) is 9.06. The van der Waals surface area contributed by atoms with Crippen LogP contribution in [0.2, 0.25) is 0 Å². The van der Waals surface area contributed by atoms with Gasteiger partial charge in [0.15, 0.2) is 0 Å². The van der Waals surface area contributed by atoms with Crippen molar-refractivity contribution in [2.75, 3.05) is 46.7 Å². The van der Waals surface area contributed by atoms with Gasteiger partial charge in [-0.15, -0.1) is 0 Å². The lowest BCUT2D eigenvalue weighted by Crippen LogP contribution is -2.43. The number of hydrogen-bond donors (Lipinski definition) is 1. The summed E-state index contributed by atoms with van der Waals surface area (Å²) in [5.74, 6) is -0.417. The van der Waals surface area contributed by atoms with Crippen molar-refractivity contribution in [1.29, 1.82) is 0 Å². The molecule has 0 radical (unpaired) electrons. The second-order valence-corrected chi connectivity index (χ2v) is 12.5. The van der Waals surface area contributed by atoms with Crippen LogP contribution in [-0.2, 0) is 24.8 Å². The lowest BCUT2D eigenvalue weighted by atomic mass is 9.98. The molecule has 35 heavy (non-hydrogen) atoms. The maximum absolute atomic E-state index is 13.4. The number of rotatable bonds is 8. The van der Waals surface area contributed by atoms with E-state index in [0.717, 1.165) is 4.31 Å². The van der Waals surface area contributed by atoms with Crippen molar-refractivity contribution < 1.29 is 31.1 Å². The van der Waals surface area contributed by atoms with E-state index in [1.54, 1.807) is 19.1 Å². The van der Waals surface area contributed by atoms with Gasteiger partial charge in [0.05, 0.1) is 25.0 Å². The zero-order valence-electron chi connectivity index (χ0n) is 20.4. The van der Waals surface area contributed by atoms with Gasteiger partial charge in [0.25, 0.3) is 0 Å². The fourth-order valence-electron chi connectivity index (χ4n) is 3.84. The average molecular weight is 526 g/mol. The van der Waals surface area contributed by atoms with Crippen LogP contribution in [0.5, 0.6) is 11.5 Å². The van der Waals surface area contributed by atoms with Crippen LogP contribution in [0.4, 0.5) is 5.69 Å². The van der Waals surface area contributed by atoms with Crippen molar-refractivity contribution in [3.8, 4) is 11.5 Å². The number of nitrogens with zero attached hydrogens (tertiary/aromatic N) is 2. The summed E-state index contributed by atoms with van der Waals surface area (Å²) >= 11 is 0. The molecule has 0 aliphatic carbocycles. The highest BCUT2D eigenvalue weighted by atomic mass is 32.2. The summed E-state index contributed by atoms with van der Waals surface area (Å²) in [6.45, 7) is 2.01. The number of anilines is 1. The number of sulfonamides is 2. The molecule has 1 amide bonds. The molecule has 0 bridgehead atoms. The normalized spacial score (nSPS) is 17.3. The van der Waals surface area contributed by atoms with Crippen LogP contribution in [0, 0.1) is 12.8 Å². The Labute approximate surface area is 206 Å². The highest BCUT2D eigenvalue weighted by Crippen LogP contribution is 2.33. The first-order valence-electron chi connectivity index (χ1n) is 11.0. The Morgan fingerprint density at radius 2 is 1.77 bits per heavy atom. The van der Waals surface area contributed by atoms with E-state index in [4.69, 9.17) is 9.47 Å². The molecule has 1 N–H and O–H groups in total. The zero-order valence-corrected chi connectivity index (χ0v) is 22.1. The van der Waals surface area contributed by atoms with Crippen LogP contribution >= 0.6 is 0 Å². The average Bonchev–Trinajstić information content (AvgIpc) is 2.84. The number of hydrogen-bond acceptors (Lipinski definition) is 7. The largest absolute Gasteiger partial charge is 0.497 e. The van der Waals surface area contributed by atoms with Gasteiger partial charge >= 0.3 is 0 Å². The molecule has 0 saturated carbocycles. The second-order valence-electron chi connectivity index (χ2n) is 8.47. The van der Waals surface area contributed by atoms with Gasteiger partial charge in [0, 0.05) is 38.9 Å². The van der Waals surface area contributed by atoms with Crippen LogP contribution in [0.1, 0.15) is 18.4 Å². The Kier molecular flexibility index (Phi) is 8.10. The van der Waals surface area contributed by atoms with E-state index < -0.39 is 26.0 Å². The van der Waals surface area contributed by atoms with Gasteiger partial charge in [-0.2, -0.15) is 4.31 Å². The molecule has 12 heteroatoms. The summed E-state index contributed by atoms with van der Waals surface area (Å²) in [5, 5.41) is 2.80. The summed E-state index contributed by atoms with van der Waals surface area (Å²) in [7, 11) is -1.93. The number of benzene rings is 2. The topological polar surface area (TPSA) is 122 Å².